The zero-order valence-corrected chi connectivity index (χ0v) is 18.9. The molecule has 3 amide bonds. The highest BCUT2D eigenvalue weighted by Gasteiger charge is 2.23. The molecule has 6 heteroatoms. The van der Waals surface area contributed by atoms with Gasteiger partial charge in [0.05, 0.1) is 11.3 Å². The number of amides is 3. The second-order valence-electron chi connectivity index (χ2n) is 8.22. The summed E-state index contributed by atoms with van der Waals surface area (Å²) in [5, 5.41) is 8.56. The molecule has 0 fully saturated rings. The molecule has 0 radical (unpaired) electrons. The number of nitrogens with one attached hydrogen (secondary N) is 3. The minimum atomic E-state index is -0.753. The molecule has 1 atom stereocenters. The van der Waals surface area contributed by atoms with Gasteiger partial charge in [-0.25, -0.2) is 0 Å². The fraction of sp³-hybridized carbons (Fsp3) is 0.222. The first-order valence-electron chi connectivity index (χ1n) is 11.0. The van der Waals surface area contributed by atoms with Gasteiger partial charge >= 0.3 is 0 Å². The summed E-state index contributed by atoms with van der Waals surface area (Å²) in [6.07, 6.45) is 0.356. The van der Waals surface area contributed by atoms with Gasteiger partial charge in [0.25, 0.3) is 11.8 Å². The highest BCUT2D eigenvalue weighted by Crippen LogP contribution is 2.17. The van der Waals surface area contributed by atoms with Crippen molar-refractivity contribution in [2.24, 2.45) is 5.92 Å². The fourth-order valence-electron chi connectivity index (χ4n) is 3.30. The molecule has 3 rings (SSSR count). The maximum absolute atomic E-state index is 13.2. The van der Waals surface area contributed by atoms with E-state index in [1.807, 2.05) is 50.2 Å². The predicted molar refractivity (Wildman–Crippen MR) is 130 cm³/mol. The van der Waals surface area contributed by atoms with Gasteiger partial charge in [0.1, 0.15) is 6.04 Å². The van der Waals surface area contributed by atoms with Crippen LogP contribution in [0.25, 0.3) is 0 Å². The molecule has 0 spiro atoms. The first kappa shape index (κ1) is 23.7. The summed E-state index contributed by atoms with van der Waals surface area (Å²) >= 11 is 0. The lowest BCUT2D eigenvalue weighted by molar-refractivity contribution is -0.123. The molecule has 0 aliphatic rings. The highest BCUT2D eigenvalue weighted by molar-refractivity contribution is 6.09. The number of para-hydroxylation sites is 1. The van der Waals surface area contributed by atoms with Gasteiger partial charge in [-0.3, -0.25) is 14.4 Å². The zero-order chi connectivity index (χ0) is 23.6. The minimum absolute atomic E-state index is 0.244. The van der Waals surface area contributed by atoms with E-state index in [9.17, 15) is 14.4 Å². The molecule has 3 aromatic rings. The Morgan fingerprint density at radius 3 is 2.03 bits per heavy atom. The molecule has 0 aliphatic heterocycles. The lowest BCUT2D eigenvalue weighted by atomic mass is 10.0. The highest BCUT2D eigenvalue weighted by atomic mass is 16.2. The Kier molecular flexibility index (Phi) is 8.36. The maximum Gasteiger partial charge on any atom is 0.255 e. The third kappa shape index (κ3) is 7.04. The summed E-state index contributed by atoms with van der Waals surface area (Å²) in [6, 6.07) is 24.3. The molecule has 0 saturated heterocycles. The number of benzene rings is 3. The topological polar surface area (TPSA) is 87.3 Å². The van der Waals surface area contributed by atoms with Crippen LogP contribution in [0.4, 0.5) is 5.69 Å². The van der Waals surface area contributed by atoms with Gasteiger partial charge < -0.3 is 16.0 Å². The first-order chi connectivity index (χ1) is 15.9. The predicted octanol–water partition coefficient (Wildman–Crippen LogP) is 4.05. The minimum Gasteiger partial charge on any atom is -0.354 e. The molecule has 0 aliphatic carbocycles. The molecule has 33 heavy (non-hydrogen) atoms. The Bertz CT molecular complexity index is 1080. The van der Waals surface area contributed by atoms with E-state index >= 15 is 0 Å². The molecule has 0 bridgehead atoms. The van der Waals surface area contributed by atoms with E-state index in [0.29, 0.717) is 24.2 Å². The summed E-state index contributed by atoms with van der Waals surface area (Å²) < 4.78 is 0. The molecule has 3 N–H and O–H groups in total. The molecule has 6 nitrogen and oxygen atoms in total. The standard InChI is InChI=1S/C27H29N3O3/c1-19(2)18-28-27(33)24(17-20-11-5-3-6-12-20)30-26(32)22-15-9-10-16-23(22)29-25(31)21-13-7-4-8-14-21/h3-16,19,24H,17-18H2,1-2H3,(H,28,33)(H,29,31)(H,30,32). The Labute approximate surface area is 194 Å². The van der Waals surface area contributed by atoms with Crippen LogP contribution in [0.2, 0.25) is 0 Å². The number of carbonyl (C=O) groups is 3. The van der Waals surface area contributed by atoms with Crippen LogP contribution in [0.1, 0.15) is 40.1 Å². The van der Waals surface area contributed by atoms with Crippen molar-refractivity contribution >= 4 is 23.4 Å². The number of rotatable bonds is 9. The van der Waals surface area contributed by atoms with Gasteiger partial charge in [0.15, 0.2) is 0 Å². The fourth-order valence-corrected chi connectivity index (χ4v) is 3.30. The molecule has 0 aromatic heterocycles. The third-order valence-electron chi connectivity index (χ3n) is 5.04. The molecular weight excluding hydrogens is 414 g/mol. The van der Waals surface area contributed by atoms with Crippen LogP contribution in [-0.4, -0.2) is 30.3 Å². The van der Waals surface area contributed by atoms with Crippen LogP contribution in [0.15, 0.2) is 84.9 Å². The summed E-state index contributed by atoms with van der Waals surface area (Å²) in [5.74, 6) is -0.700. The number of anilines is 1. The SMILES string of the molecule is CC(C)CNC(=O)C(Cc1ccccc1)NC(=O)c1ccccc1NC(=O)c1ccccc1. The summed E-state index contributed by atoms with van der Waals surface area (Å²) in [6.45, 7) is 4.54. The quantitative estimate of drug-likeness (QED) is 0.466. The van der Waals surface area contributed by atoms with Crippen molar-refractivity contribution < 1.29 is 14.4 Å². The maximum atomic E-state index is 13.2. The summed E-state index contributed by atoms with van der Waals surface area (Å²) in [7, 11) is 0. The van der Waals surface area contributed by atoms with Crippen LogP contribution in [0, 0.1) is 5.92 Å². The number of hydrogen-bond donors (Lipinski definition) is 3. The van der Waals surface area contributed by atoms with Crippen LogP contribution in [0.5, 0.6) is 0 Å². The van der Waals surface area contributed by atoms with E-state index in [1.54, 1.807) is 48.5 Å². The van der Waals surface area contributed by atoms with Crippen molar-refractivity contribution in [3.8, 4) is 0 Å². The van der Waals surface area contributed by atoms with Crippen molar-refractivity contribution in [3.63, 3.8) is 0 Å². The Morgan fingerprint density at radius 1 is 0.758 bits per heavy atom. The van der Waals surface area contributed by atoms with Crippen molar-refractivity contribution in [2.75, 3.05) is 11.9 Å². The van der Waals surface area contributed by atoms with Crippen LogP contribution >= 0.6 is 0 Å². The number of carbonyl (C=O) groups excluding carboxylic acids is 3. The normalized spacial score (nSPS) is 11.5. The van der Waals surface area contributed by atoms with E-state index in [0.717, 1.165) is 5.56 Å². The second kappa shape index (κ2) is 11.6. The van der Waals surface area contributed by atoms with Gasteiger partial charge in [0, 0.05) is 18.5 Å². The third-order valence-corrected chi connectivity index (χ3v) is 5.04. The Balaban J connectivity index is 1.78. The smallest absolute Gasteiger partial charge is 0.255 e. The van der Waals surface area contributed by atoms with Crippen molar-refractivity contribution in [1.29, 1.82) is 0 Å². The summed E-state index contributed by atoms with van der Waals surface area (Å²) in [4.78, 5) is 38.7. The van der Waals surface area contributed by atoms with Gasteiger partial charge in [-0.05, 0) is 35.7 Å². The second-order valence-corrected chi connectivity index (χ2v) is 8.22. The molecule has 0 heterocycles. The summed E-state index contributed by atoms with van der Waals surface area (Å²) in [5.41, 5.74) is 2.09. The number of hydrogen-bond acceptors (Lipinski definition) is 3. The molecule has 0 saturated carbocycles. The Hall–Kier alpha value is -3.93. The van der Waals surface area contributed by atoms with Crippen molar-refractivity contribution in [2.45, 2.75) is 26.3 Å². The van der Waals surface area contributed by atoms with Gasteiger partial charge in [-0.1, -0.05) is 74.5 Å². The van der Waals surface area contributed by atoms with E-state index in [2.05, 4.69) is 16.0 Å². The average molecular weight is 444 g/mol. The van der Waals surface area contributed by atoms with Crippen LogP contribution < -0.4 is 16.0 Å². The monoisotopic (exact) mass is 443 g/mol. The molecule has 1 unspecified atom stereocenters. The van der Waals surface area contributed by atoms with E-state index in [4.69, 9.17) is 0 Å². The lowest BCUT2D eigenvalue weighted by Crippen LogP contribution is -2.48. The largest absolute Gasteiger partial charge is 0.354 e. The average Bonchev–Trinajstić information content (AvgIpc) is 2.83. The van der Waals surface area contributed by atoms with Crippen LogP contribution in [-0.2, 0) is 11.2 Å². The van der Waals surface area contributed by atoms with Gasteiger partial charge in [0.2, 0.25) is 5.91 Å². The molecular formula is C27H29N3O3. The van der Waals surface area contributed by atoms with Crippen LogP contribution in [0.3, 0.4) is 0 Å². The van der Waals surface area contributed by atoms with E-state index in [1.165, 1.54) is 0 Å². The molecule has 170 valence electrons. The van der Waals surface area contributed by atoms with E-state index < -0.39 is 11.9 Å². The van der Waals surface area contributed by atoms with Gasteiger partial charge in [-0.15, -0.1) is 0 Å². The Morgan fingerprint density at radius 2 is 1.36 bits per heavy atom. The van der Waals surface area contributed by atoms with Crippen molar-refractivity contribution in [3.05, 3.63) is 102 Å². The lowest BCUT2D eigenvalue weighted by Gasteiger charge is -2.20. The molecule has 3 aromatic carbocycles. The zero-order valence-electron chi connectivity index (χ0n) is 18.9. The van der Waals surface area contributed by atoms with Crippen molar-refractivity contribution in [1.82, 2.24) is 10.6 Å². The van der Waals surface area contributed by atoms with Gasteiger partial charge in [-0.2, -0.15) is 0 Å². The van der Waals surface area contributed by atoms with E-state index in [-0.39, 0.29) is 23.3 Å². The first-order valence-corrected chi connectivity index (χ1v) is 11.0.